The van der Waals surface area contributed by atoms with Gasteiger partial charge in [0.2, 0.25) is 0 Å². The van der Waals surface area contributed by atoms with Crippen molar-refractivity contribution in [2.24, 2.45) is 17.1 Å². The second-order valence-electron chi connectivity index (χ2n) is 6.91. The maximum atomic E-state index is 6.08. The zero-order chi connectivity index (χ0) is 14.8. The monoisotopic (exact) mass is 358 g/mol. The van der Waals surface area contributed by atoms with Crippen molar-refractivity contribution in [3.63, 3.8) is 0 Å². The molecule has 0 saturated carbocycles. The molecule has 1 aliphatic rings. The SMILES string of the molecule is CC(C)(C)C1CCCN(C(CN)c2sccc2Br)CC1. The highest BCUT2D eigenvalue weighted by Gasteiger charge is 2.30. The van der Waals surface area contributed by atoms with E-state index in [1.54, 1.807) is 0 Å². The summed E-state index contributed by atoms with van der Waals surface area (Å²) in [5, 5.41) is 2.15. The predicted molar refractivity (Wildman–Crippen MR) is 92.2 cm³/mol. The summed E-state index contributed by atoms with van der Waals surface area (Å²) in [5.41, 5.74) is 6.51. The van der Waals surface area contributed by atoms with Crippen molar-refractivity contribution < 1.29 is 0 Å². The van der Waals surface area contributed by atoms with Crippen LogP contribution in [-0.2, 0) is 0 Å². The first kappa shape index (κ1) is 16.5. The first-order valence-electron chi connectivity index (χ1n) is 7.60. The van der Waals surface area contributed by atoms with E-state index in [0.717, 1.165) is 5.92 Å². The molecule has 0 radical (unpaired) electrons. The highest BCUT2D eigenvalue weighted by Crippen LogP contribution is 2.38. The zero-order valence-electron chi connectivity index (χ0n) is 12.9. The molecule has 4 heteroatoms. The van der Waals surface area contributed by atoms with Crippen molar-refractivity contribution in [3.8, 4) is 0 Å². The van der Waals surface area contributed by atoms with Crippen LogP contribution in [0.1, 0.15) is 51.0 Å². The van der Waals surface area contributed by atoms with Gasteiger partial charge in [0.1, 0.15) is 0 Å². The van der Waals surface area contributed by atoms with Gasteiger partial charge in [-0.15, -0.1) is 11.3 Å². The van der Waals surface area contributed by atoms with E-state index in [4.69, 9.17) is 5.73 Å². The summed E-state index contributed by atoms with van der Waals surface area (Å²) in [6, 6.07) is 2.52. The van der Waals surface area contributed by atoms with Gasteiger partial charge in [0.05, 0.1) is 6.04 Å². The van der Waals surface area contributed by atoms with Crippen molar-refractivity contribution in [2.75, 3.05) is 19.6 Å². The molecule has 2 atom stereocenters. The normalized spacial score (nSPS) is 23.6. The van der Waals surface area contributed by atoms with Crippen LogP contribution in [0.2, 0.25) is 0 Å². The number of rotatable bonds is 3. The maximum absolute atomic E-state index is 6.08. The Morgan fingerprint density at radius 2 is 2.15 bits per heavy atom. The van der Waals surface area contributed by atoms with E-state index < -0.39 is 0 Å². The third-order valence-corrected chi connectivity index (χ3v) is 6.57. The maximum Gasteiger partial charge on any atom is 0.0575 e. The molecule has 0 bridgehead atoms. The molecule has 0 aliphatic carbocycles. The van der Waals surface area contributed by atoms with Gasteiger partial charge >= 0.3 is 0 Å². The molecule has 1 fully saturated rings. The Bertz CT molecular complexity index is 424. The first-order valence-corrected chi connectivity index (χ1v) is 9.27. The van der Waals surface area contributed by atoms with Gasteiger partial charge in [-0.05, 0) is 71.1 Å². The number of likely N-dealkylation sites (tertiary alicyclic amines) is 1. The molecule has 2 N–H and O–H groups in total. The van der Waals surface area contributed by atoms with Crippen LogP contribution in [0.25, 0.3) is 0 Å². The average Bonchev–Trinajstić information content (AvgIpc) is 2.65. The molecule has 114 valence electrons. The number of halogens is 1. The number of nitrogens with zero attached hydrogens (tertiary/aromatic N) is 1. The largest absolute Gasteiger partial charge is 0.329 e. The molecule has 1 aliphatic heterocycles. The van der Waals surface area contributed by atoms with E-state index in [1.807, 2.05) is 11.3 Å². The van der Waals surface area contributed by atoms with Crippen LogP contribution in [0.5, 0.6) is 0 Å². The van der Waals surface area contributed by atoms with Gasteiger partial charge in [0, 0.05) is 15.9 Å². The van der Waals surface area contributed by atoms with Gasteiger partial charge in [-0.1, -0.05) is 20.8 Å². The Morgan fingerprint density at radius 1 is 1.40 bits per heavy atom. The van der Waals surface area contributed by atoms with Crippen LogP contribution in [0.15, 0.2) is 15.9 Å². The van der Waals surface area contributed by atoms with Crippen LogP contribution < -0.4 is 5.73 Å². The quantitative estimate of drug-likeness (QED) is 0.851. The lowest BCUT2D eigenvalue weighted by Crippen LogP contribution is -2.34. The van der Waals surface area contributed by atoms with E-state index in [2.05, 4.69) is 53.0 Å². The lowest BCUT2D eigenvalue weighted by molar-refractivity contribution is 0.186. The van der Waals surface area contributed by atoms with Crippen LogP contribution in [0.3, 0.4) is 0 Å². The summed E-state index contributed by atoms with van der Waals surface area (Å²) in [7, 11) is 0. The number of hydrogen-bond acceptors (Lipinski definition) is 3. The third-order valence-electron chi connectivity index (χ3n) is 4.60. The van der Waals surface area contributed by atoms with Gasteiger partial charge in [-0.3, -0.25) is 4.90 Å². The highest BCUT2D eigenvalue weighted by molar-refractivity contribution is 9.10. The molecular weight excluding hydrogens is 332 g/mol. The molecule has 0 spiro atoms. The summed E-state index contributed by atoms with van der Waals surface area (Å²) in [5.74, 6) is 0.831. The molecular formula is C16H27BrN2S. The number of thiophene rings is 1. The molecule has 2 rings (SSSR count). The van der Waals surface area contributed by atoms with Crippen LogP contribution in [-0.4, -0.2) is 24.5 Å². The molecule has 2 unspecified atom stereocenters. The smallest absolute Gasteiger partial charge is 0.0575 e. The summed E-state index contributed by atoms with van der Waals surface area (Å²) < 4.78 is 1.22. The van der Waals surface area contributed by atoms with Gasteiger partial charge in [0.25, 0.3) is 0 Å². The van der Waals surface area contributed by atoms with Gasteiger partial charge in [0.15, 0.2) is 0 Å². The highest BCUT2D eigenvalue weighted by atomic mass is 79.9. The summed E-state index contributed by atoms with van der Waals surface area (Å²) >= 11 is 5.49. The Hall–Kier alpha value is 0.100. The molecule has 0 aromatic carbocycles. The lowest BCUT2D eigenvalue weighted by Gasteiger charge is -2.31. The minimum atomic E-state index is 0.378. The minimum absolute atomic E-state index is 0.378. The lowest BCUT2D eigenvalue weighted by atomic mass is 9.77. The van der Waals surface area contributed by atoms with Gasteiger partial charge in [-0.2, -0.15) is 0 Å². The summed E-state index contributed by atoms with van der Waals surface area (Å²) in [6.45, 7) is 10.2. The summed E-state index contributed by atoms with van der Waals surface area (Å²) in [6.07, 6.45) is 3.94. The van der Waals surface area contributed by atoms with Crippen molar-refractivity contribution in [1.82, 2.24) is 4.90 Å². The Morgan fingerprint density at radius 3 is 2.70 bits per heavy atom. The number of hydrogen-bond donors (Lipinski definition) is 1. The Labute approximate surface area is 135 Å². The van der Waals surface area contributed by atoms with E-state index >= 15 is 0 Å². The standard InChI is InChI=1S/C16H27BrN2S/c1-16(2,3)12-5-4-8-19(9-6-12)14(11-18)15-13(17)7-10-20-15/h7,10,12,14H,4-6,8-9,11,18H2,1-3H3. The van der Waals surface area contributed by atoms with E-state index in [-0.39, 0.29) is 0 Å². The third kappa shape index (κ3) is 3.85. The molecule has 1 aromatic heterocycles. The van der Waals surface area contributed by atoms with Crippen LogP contribution >= 0.6 is 27.3 Å². The minimum Gasteiger partial charge on any atom is -0.329 e. The Kier molecular flexibility index (Phi) is 5.69. The van der Waals surface area contributed by atoms with E-state index in [9.17, 15) is 0 Å². The average molecular weight is 359 g/mol. The van der Waals surface area contributed by atoms with Gasteiger partial charge in [-0.25, -0.2) is 0 Å². The molecule has 20 heavy (non-hydrogen) atoms. The van der Waals surface area contributed by atoms with E-state index in [1.165, 1.54) is 41.7 Å². The fraction of sp³-hybridized carbons (Fsp3) is 0.750. The molecule has 0 amide bonds. The van der Waals surface area contributed by atoms with Crippen molar-refractivity contribution in [1.29, 1.82) is 0 Å². The second-order valence-corrected chi connectivity index (χ2v) is 8.72. The molecule has 1 saturated heterocycles. The number of nitrogens with two attached hydrogens (primary N) is 1. The summed E-state index contributed by atoms with van der Waals surface area (Å²) in [4.78, 5) is 3.99. The van der Waals surface area contributed by atoms with Crippen molar-refractivity contribution in [2.45, 2.75) is 46.1 Å². The topological polar surface area (TPSA) is 29.3 Å². The fourth-order valence-corrected chi connectivity index (χ4v) is 5.05. The van der Waals surface area contributed by atoms with Crippen LogP contribution in [0.4, 0.5) is 0 Å². The Balaban J connectivity index is 2.07. The molecule has 2 heterocycles. The van der Waals surface area contributed by atoms with Crippen molar-refractivity contribution in [3.05, 3.63) is 20.8 Å². The first-order chi connectivity index (χ1) is 9.43. The van der Waals surface area contributed by atoms with Crippen LogP contribution in [0, 0.1) is 11.3 Å². The molecule has 2 nitrogen and oxygen atoms in total. The second kappa shape index (κ2) is 6.91. The zero-order valence-corrected chi connectivity index (χ0v) is 15.3. The van der Waals surface area contributed by atoms with Gasteiger partial charge < -0.3 is 5.73 Å². The fourth-order valence-electron chi connectivity index (χ4n) is 3.26. The van der Waals surface area contributed by atoms with E-state index in [0.29, 0.717) is 18.0 Å². The van der Waals surface area contributed by atoms with Crippen molar-refractivity contribution >= 4 is 27.3 Å². The molecule has 1 aromatic rings. The predicted octanol–water partition coefficient (Wildman–Crippen LogP) is 4.66.